The van der Waals surface area contributed by atoms with Gasteiger partial charge in [-0.15, -0.1) is 0 Å². The molecule has 4 aliphatic rings. The molecule has 4 aliphatic heterocycles. The summed E-state index contributed by atoms with van der Waals surface area (Å²) in [5.41, 5.74) is 2.86. The molecule has 0 unspecified atom stereocenters. The Morgan fingerprint density at radius 1 is 0.792 bits per heavy atom. The number of hydrogen-bond acceptors (Lipinski definition) is 15. The van der Waals surface area contributed by atoms with E-state index in [1.165, 1.54) is 6.08 Å². The van der Waals surface area contributed by atoms with E-state index in [0.29, 0.717) is 103 Å². The van der Waals surface area contributed by atoms with E-state index >= 15 is 0 Å². The number of nitrogens with one attached hydrogen (secondary N) is 1. The van der Waals surface area contributed by atoms with Crippen molar-refractivity contribution in [2.75, 3.05) is 147 Å². The minimum atomic E-state index is -1.02. The molecule has 3 fully saturated rings. The van der Waals surface area contributed by atoms with Crippen molar-refractivity contribution in [3.63, 3.8) is 0 Å². The maximum Gasteiger partial charge on any atom is 0.318 e. The van der Waals surface area contributed by atoms with E-state index in [-0.39, 0.29) is 113 Å². The quantitative estimate of drug-likeness (QED) is 0.104. The number of carboxylic acid groups (broad SMARTS) is 3. The average Bonchev–Trinajstić information content (AvgIpc) is 3.80. The fraction of sp³-hybridized carbons (Fsp3) is 0.551. The van der Waals surface area contributed by atoms with Crippen molar-refractivity contribution in [3.05, 3.63) is 76.8 Å². The van der Waals surface area contributed by atoms with Gasteiger partial charge < -0.3 is 44.9 Å². The first-order chi connectivity index (χ1) is 34.3. The van der Waals surface area contributed by atoms with Crippen LogP contribution in [0.5, 0.6) is 6.01 Å². The summed E-state index contributed by atoms with van der Waals surface area (Å²) in [4.78, 5) is 90.5. The zero-order chi connectivity index (χ0) is 50.4. The molecule has 2 atom stereocenters. The number of amides is 2. The average molecular weight is 1180 g/mol. The second-order valence-corrected chi connectivity index (χ2v) is 18.9. The monoisotopic (exact) mass is 1180 g/mol. The summed E-state index contributed by atoms with van der Waals surface area (Å²) in [5.74, 6) is -2.72. The Bertz CT molecular complexity index is 2410. The van der Waals surface area contributed by atoms with Gasteiger partial charge >= 0.3 is 23.9 Å². The van der Waals surface area contributed by atoms with Crippen LogP contribution in [0.2, 0.25) is 5.02 Å². The molecule has 2 amide bonds. The van der Waals surface area contributed by atoms with E-state index in [2.05, 4.69) is 49.6 Å². The maximum absolute atomic E-state index is 13.5. The van der Waals surface area contributed by atoms with Crippen LogP contribution in [0.1, 0.15) is 24.1 Å². The zero-order valence-corrected chi connectivity index (χ0v) is 42.8. The molecule has 5 heterocycles. The smallest absolute Gasteiger partial charge is 0.318 e. The third-order valence-electron chi connectivity index (χ3n) is 13.7. The third kappa shape index (κ3) is 15.6. The first kappa shape index (κ1) is 56.4. The molecule has 7 rings (SSSR count). The van der Waals surface area contributed by atoms with Crippen LogP contribution < -0.4 is 19.9 Å². The van der Waals surface area contributed by atoms with Crippen molar-refractivity contribution < 1.29 is 80.9 Å². The first-order valence-corrected chi connectivity index (χ1v) is 24.7. The van der Waals surface area contributed by atoms with Gasteiger partial charge in [-0.25, -0.2) is 6.57 Å². The summed E-state index contributed by atoms with van der Waals surface area (Å²) in [6.45, 7) is 17.9. The molecule has 1 aromatic heterocycles. The summed E-state index contributed by atoms with van der Waals surface area (Å²) in [5, 5.41) is 34.4. The number of carbonyl (C=O) groups excluding carboxylic acids is 2. The van der Waals surface area contributed by atoms with Gasteiger partial charge in [0.05, 0.1) is 43.4 Å². The van der Waals surface area contributed by atoms with Crippen LogP contribution in [0.3, 0.4) is 0 Å². The summed E-state index contributed by atoms with van der Waals surface area (Å²) < 4.78 is 6.51. The Hall–Kier alpha value is -4.92. The molecule has 3 saturated heterocycles. The van der Waals surface area contributed by atoms with Crippen LogP contribution in [-0.4, -0.2) is 234 Å². The summed E-state index contributed by atoms with van der Waals surface area (Å²) in [6.07, 6.45) is 3.77. The topological polar surface area (TPSA) is 223 Å². The fourth-order valence-electron chi connectivity index (χ4n) is 10.1. The van der Waals surface area contributed by atoms with Crippen molar-refractivity contribution in [3.8, 4) is 6.01 Å². The van der Waals surface area contributed by atoms with Gasteiger partial charge in [0.1, 0.15) is 18.5 Å². The predicted octanol–water partition coefficient (Wildman–Crippen LogP) is 1.40. The molecule has 0 aliphatic carbocycles. The van der Waals surface area contributed by atoms with Gasteiger partial charge in [-0.3, -0.25) is 48.5 Å². The Labute approximate surface area is 454 Å². The molecule has 23 heteroatoms. The normalized spacial score (nSPS) is 20.1. The van der Waals surface area contributed by atoms with Crippen molar-refractivity contribution in [2.45, 2.75) is 37.9 Å². The van der Waals surface area contributed by atoms with E-state index in [9.17, 15) is 39.3 Å². The van der Waals surface area contributed by atoms with Gasteiger partial charge in [0.15, 0.2) is 0 Å². The summed E-state index contributed by atoms with van der Waals surface area (Å²) in [7, 11) is 0. The minimum Gasteiger partial charge on any atom is -0.480 e. The molecule has 1 radical (unpaired) electrons. The van der Waals surface area contributed by atoms with Gasteiger partial charge in [-0.2, -0.15) is 9.97 Å². The van der Waals surface area contributed by atoms with Crippen LogP contribution >= 0.6 is 11.6 Å². The number of halogens is 1. The van der Waals surface area contributed by atoms with E-state index in [1.54, 1.807) is 19.6 Å². The van der Waals surface area contributed by atoms with Crippen molar-refractivity contribution in [2.24, 2.45) is 0 Å². The molecule has 3 aromatic rings. The second-order valence-electron chi connectivity index (χ2n) is 18.5. The zero-order valence-electron chi connectivity index (χ0n) is 40.4. The summed E-state index contributed by atoms with van der Waals surface area (Å²) in [6, 6.07) is 12.0. The largest absolute Gasteiger partial charge is 0.480 e. The Morgan fingerprint density at radius 2 is 1.40 bits per heavy atom. The number of ether oxygens (including phenoxy) is 1. The Morgan fingerprint density at radius 3 is 2.00 bits per heavy atom. The number of carboxylic acids is 3. The molecule has 4 N–H and O–H groups in total. The van der Waals surface area contributed by atoms with Crippen LogP contribution in [0.15, 0.2) is 49.1 Å². The number of likely N-dealkylation sites (tertiary alicyclic amines) is 1. The number of rotatable bonds is 18. The number of fused-ring (bicyclic) bond motifs is 2. The van der Waals surface area contributed by atoms with Crippen LogP contribution in [0.4, 0.5) is 11.5 Å². The van der Waals surface area contributed by atoms with Gasteiger partial charge in [-0.1, -0.05) is 42.4 Å². The fourth-order valence-corrected chi connectivity index (χ4v) is 10.4. The number of aromatic nitrogens is 2. The first-order valence-electron chi connectivity index (χ1n) is 24.3. The van der Waals surface area contributed by atoms with Crippen LogP contribution in [0, 0.1) is 43.4 Å². The number of nitrogens with zero attached hydrogens (tertiary/aromatic N) is 11. The van der Waals surface area contributed by atoms with Gasteiger partial charge in [-0.05, 0) is 49.4 Å². The number of piperazine rings is 1. The van der Waals surface area contributed by atoms with E-state index in [0.717, 1.165) is 52.9 Å². The third-order valence-corrected chi connectivity index (χ3v) is 14.1. The standard InChI is InChI=1S/C49H65ClN12O9.Lu/c1-3-43(64)62-26-25-61(28-37(62)27-51-2)48-38-12-15-60(41-11-5-8-35-7-4-10-39(50)47(35)41)29-40(38)53-49(54-48)71-34-36-9-6-14-59(36)16-13-52-42(63)30-55-17-19-56(31-44(65)66)21-23-58(33-46(69)70)24-22-57(20-18-55)32-45(67)68;/h3-5,7-8,10-11,36-37H,1,6,9,12-34H2,(H,52,63)(H,65,66)(H,67,68)(H,69,70);/t36-,37-;/m0./s1. The second kappa shape index (κ2) is 27.4. The number of carbonyl (C=O) groups is 5. The molecule has 72 heavy (non-hydrogen) atoms. The molecule has 0 saturated carbocycles. The summed E-state index contributed by atoms with van der Waals surface area (Å²) >= 11 is 6.79. The minimum absolute atomic E-state index is 0. The van der Waals surface area contributed by atoms with Gasteiger partial charge in [0.25, 0.3) is 0 Å². The number of anilines is 2. The van der Waals surface area contributed by atoms with E-state index < -0.39 is 17.9 Å². The molecular formula is C49H65ClLuN12O9. The van der Waals surface area contributed by atoms with Gasteiger partial charge in [0.2, 0.25) is 18.4 Å². The van der Waals surface area contributed by atoms with Crippen LogP contribution in [-0.2, 0) is 36.9 Å². The van der Waals surface area contributed by atoms with Gasteiger partial charge in [0, 0.05) is 151 Å². The molecule has 0 bridgehead atoms. The molecule has 397 valence electrons. The Balaban J connectivity index is 0.00000847. The van der Waals surface area contributed by atoms with Crippen molar-refractivity contribution in [1.82, 2.24) is 44.7 Å². The van der Waals surface area contributed by atoms with Crippen molar-refractivity contribution in [1.29, 1.82) is 0 Å². The maximum atomic E-state index is 13.5. The number of benzene rings is 2. The van der Waals surface area contributed by atoms with E-state index in [1.807, 2.05) is 23.1 Å². The van der Waals surface area contributed by atoms with E-state index in [4.69, 9.17) is 32.9 Å². The molecular weight excluding hydrogens is 1110 g/mol. The number of aliphatic carboxylic acids is 3. The van der Waals surface area contributed by atoms with Crippen LogP contribution in [0.25, 0.3) is 15.6 Å². The Kier molecular flexibility index (Phi) is 21.5. The predicted molar refractivity (Wildman–Crippen MR) is 267 cm³/mol. The SMILES string of the molecule is [C-]#[N+]C[C@H]1CN(c2nc(OC[C@@H]3CCCN3CCNC(=O)CN3CCN(CC(=O)O)CCN(CC(=O)O)CCN(CC(=O)O)CC3)nc3c2CCN(c2cccc4cccc(Cl)c24)C3)CCN1C(=O)C=C.[Lu]. The molecule has 2 aromatic carbocycles. The van der Waals surface area contributed by atoms with Crippen molar-refractivity contribution >= 4 is 63.6 Å². The number of hydrogen-bond donors (Lipinski definition) is 4. The molecule has 0 spiro atoms. The molecule has 21 nitrogen and oxygen atoms in total.